The average molecular weight is 490 g/mol. The van der Waals surface area contributed by atoms with E-state index in [1.165, 1.54) is 18.2 Å². The number of hydrazone groups is 1. The number of ketones is 1. The molecule has 0 saturated carbocycles. The van der Waals surface area contributed by atoms with E-state index in [4.69, 9.17) is 23.2 Å². The van der Waals surface area contributed by atoms with Crippen LogP contribution in [0.15, 0.2) is 77.9 Å². The maximum Gasteiger partial charge on any atom is 0.240 e. The Morgan fingerprint density at radius 1 is 0.824 bits per heavy atom. The van der Waals surface area contributed by atoms with Gasteiger partial charge in [0.2, 0.25) is 11.8 Å². The van der Waals surface area contributed by atoms with Crippen molar-refractivity contribution < 1.29 is 14.4 Å². The molecule has 0 radical (unpaired) electrons. The molecule has 3 aliphatic heterocycles. The number of amides is 2. The molecular formula is C26H17Cl2N3O3. The highest BCUT2D eigenvalue weighted by Gasteiger charge is 2.65. The first-order valence-electron chi connectivity index (χ1n) is 10.8. The van der Waals surface area contributed by atoms with Crippen molar-refractivity contribution in [3.05, 3.63) is 99.5 Å². The average Bonchev–Trinajstić information content (AvgIpc) is 3.31. The van der Waals surface area contributed by atoms with Crippen LogP contribution < -0.4 is 4.90 Å². The van der Waals surface area contributed by atoms with Crippen LogP contribution in [-0.2, 0) is 9.59 Å². The maximum absolute atomic E-state index is 13.8. The van der Waals surface area contributed by atoms with Gasteiger partial charge in [0, 0.05) is 15.6 Å². The van der Waals surface area contributed by atoms with Crippen molar-refractivity contribution in [1.29, 1.82) is 0 Å². The van der Waals surface area contributed by atoms with Gasteiger partial charge in [-0.05, 0) is 29.3 Å². The van der Waals surface area contributed by atoms with E-state index < -0.39 is 35.7 Å². The van der Waals surface area contributed by atoms with Crippen LogP contribution in [0.5, 0.6) is 0 Å². The molecule has 2 fully saturated rings. The van der Waals surface area contributed by atoms with Gasteiger partial charge in [-0.25, -0.2) is 4.90 Å². The van der Waals surface area contributed by atoms with Crippen LogP contribution in [0.4, 0.5) is 5.69 Å². The molecule has 3 aromatic rings. The first kappa shape index (κ1) is 21.1. The summed E-state index contributed by atoms with van der Waals surface area (Å²) in [4.78, 5) is 42.5. The van der Waals surface area contributed by atoms with Crippen LogP contribution in [0.1, 0.15) is 27.5 Å². The molecule has 3 aromatic carbocycles. The summed E-state index contributed by atoms with van der Waals surface area (Å²) in [6, 6.07) is 19.5. The predicted molar refractivity (Wildman–Crippen MR) is 129 cm³/mol. The second-order valence-electron chi connectivity index (χ2n) is 8.56. The van der Waals surface area contributed by atoms with E-state index >= 15 is 0 Å². The Labute approximate surface area is 205 Å². The van der Waals surface area contributed by atoms with Crippen molar-refractivity contribution in [3.63, 3.8) is 0 Å². The lowest BCUT2D eigenvalue weighted by Gasteiger charge is -2.33. The first-order valence-corrected chi connectivity index (χ1v) is 11.6. The lowest BCUT2D eigenvalue weighted by molar-refractivity contribution is -0.124. The van der Waals surface area contributed by atoms with Crippen molar-refractivity contribution in [2.75, 3.05) is 4.90 Å². The Hall–Kier alpha value is -3.48. The van der Waals surface area contributed by atoms with E-state index in [0.717, 1.165) is 16.0 Å². The number of nitrogens with zero attached hydrogens (tertiary/aromatic N) is 3. The molecule has 6 nitrogen and oxygen atoms in total. The number of anilines is 1. The van der Waals surface area contributed by atoms with Crippen LogP contribution in [0.2, 0.25) is 10.0 Å². The van der Waals surface area contributed by atoms with E-state index in [1.54, 1.807) is 35.5 Å². The summed E-state index contributed by atoms with van der Waals surface area (Å²) in [5.74, 6) is -2.77. The SMILES string of the molecule is O=C(c1ccccc1)[C@@H]1[C@@H]2C(=O)N(c3cc(Cl)cc(Cl)c3)C(=O)[C@H]2[C@@H]2c3ccccc3C=NN12. The van der Waals surface area contributed by atoms with Gasteiger partial charge < -0.3 is 0 Å². The Kier molecular flexibility index (Phi) is 4.83. The highest BCUT2D eigenvalue weighted by atomic mass is 35.5. The zero-order valence-corrected chi connectivity index (χ0v) is 19.1. The largest absolute Gasteiger partial charge is 0.292 e. The van der Waals surface area contributed by atoms with Gasteiger partial charge in [-0.15, -0.1) is 0 Å². The third kappa shape index (κ3) is 3.02. The minimum absolute atomic E-state index is 0.248. The van der Waals surface area contributed by atoms with Crippen molar-refractivity contribution >= 4 is 52.7 Å². The molecule has 8 heteroatoms. The molecule has 6 rings (SSSR count). The van der Waals surface area contributed by atoms with Crippen LogP contribution in [0.3, 0.4) is 0 Å². The van der Waals surface area contributed by atoms with Gasteiger partial charge >= 0.3 is 0 Å². The van der Waals surface area contributed by atoms with Gasteiger partial charge in [-0.3, -0.25) is 19.4 Å². The Morgan fingerprint density at radius 3 is 2.21 bits per heavy atom. The normalized spacial score (nSPS) is 24.8. The monoisotopic (exact) mass is 489 g/mol. The first-order chi connectivity index (χ1) is 16.5. The second-order valence-corrected chi connectivity index (χ2v) is 9.44. The topological polar surface area (TPSA) is 70.0 Å². The third-order valence-electron chi connectivity index (χ3n) is 6.73. The Morgan fingerprint density at radius 2 is 1.47 bits per heavy atom. The molecule has 3 aliphatic rings. The number of imide groups is 1. The molecule has 0 bridgehead atoms. The summed E-state index contributed by atoms with van der Waals surface area (Å²) < 4.78 is 0. The number of benzene rings is 3. The summed E-state index contributed by atoms with van der Waals surface area (Å²) in [7, 11) is 0. The summed E-state index contributed by atoms with van der Waals surface area (Å²) in [5.41, 5.74) is 2.49. The van der Waals surface area contributed by atoms with Crippen molar-refractivity contribution in [3.8, 4) is 0 Å². The van der Waals surface area contributed by atoms with Gasteiger partial charge in [-0.2, -0.15) is 5.10 Å². The number of hydrogen-bond donors (Lipinski definition) is 0. The van der Waals surface area contributed by atoms with Crippen LogP contribution in [0, 0.1) is 11.8 Å². The molecular weight excluding hydrogens is 473 g/mol. The summed E-state index contributed by atoms with van der Waals surface area (Å²) >= 11 is 12.3. The van der Waals surface area contributed by atoms with E-state index in [-0.39, 0.29) is 5.78 Å². The van der Waals surface area contributed by atoms with Crippen molar-refractivity contribution in [2.24, 2.45) is 16.9 Å². The molecule has 0 N–H and O–H groups in total. The number of carbonyl (C=O) groups is 3. The molecule has 0 aliphatic carbocycles. The zero-order chi connectivity index (χ0) is 23.6. The lowest BCUT2D eigenvalue weighted by Crippen LogP contribution is -2.44. The maximum atomic E-state index is 13.8. The van der Waals surface area contributed by atoms with Crippen LogP contribution in [0.25, 0.3) is 0 Å². The number of carbonyl (C=O) groups excluding carboxylic acids is 3. The van der Waals surface area contributed by atoms with E-state index in [2.05, 4.69) is 5.10 Å². The van der Waals surface area contributed by atoms with Gasteiger partial charge in [-0.1, -0.05) is 77.8 Å². The van der Waals surface area contributed by atoms with Gasteiger partial charge in [0.15, 0.2) is 5.78 Å². The van der Waals surface area contributed by atoms with E-state index in [1.807, 2.05) is 30.3 Å². The Bertz CT molecular complexity index is 1370. The predicted octanol–water partition coefficient (Wildman–Crippen LogP) is 4.75. The highest BCUT2D eigenvalue weighted by Crippen LogP contribution is 2.53. The molecule has 2 amide bonds. The highest BCUT2D eigenvalue weighted by molar-refractivity contribution is 6.36. The fourth-order valence-corrected chi connectivity index (χ4v) is 5.88. The molecule has 0 spiro atoms. The minimum atomic E-state index is -0.918. The van der Waals surface area contributed by atoms with E-state index in [9.17, 15) is 14.4 Å². The molecule has 0 unspecified atom stereocenters. The van der Waals surface area contributed by atoms with E-state index in [0.29, 0.717) is 21.3 Å². The van der Waals surface area contributed by atoms with Gasteiger partial charge in [0.1, 0.15) is 6.04 Å². The summed E-state index contributed by atoms with van der Waals surface area (Å²) in [6.45, 7) is 0. The molecule has 2 saturated heterocycles. The molecule has 34 heavy (non-hydrogen) atoms. The quantitative estimate of drug-likeness (QED) is 0.393. The van der Waals surface area contributed by atoms with Crippen molar-refractivity contribution in [2.45, 2.75) is 12.1 Å². The molecule has 3 heterocycles. The number of rotatable bonds is 3. The number of hydrogen-bond acceptors (Lipinski definition) is 5. The Balaban J connectivity index is 1.51. The lowest BCUT2D eigenvalue weighted by atomic mass is 9.83. The van der Waals surface area contributed by atoms with Gasteiger partial charge in [0.25, 0.3) is 0 Å². The summed E-state index contributed by atoms with van der Waals surface area (Å²) in [5, 5.41) is 6.83. The summed E-state index contributed by atoms with van der Waals surface area (Å²) in [6.07, 6.45) is 1.68. The van der Waals surface area contributed by atoms with Crippen LogP contribution in [-0.4, -0.2) is 34.9 Å². The fourth-order valence-electron chi connectivity index (χ4n) is 5.36. The third-order valence-corrected chi connectivity index (χ3v) is 7.16. The number of fused-ring (bicyclic) bond motifs is 5. The number of halogens is 2. The number of Topliss-reactive ketones (excluding diaryl/α,β-unsaturated/α-hetero) is 1. The van der Waals surface area contributed by atoms with Crippen molar-refractivity contribution in [1.82, 2.24) is 5.01 Å². The molecule has 4 atom stereocenters. The molecule has 0 aromatic heterocycles. The fraction of sp³-hybridized carbons (Fsp3) is 0.154. The standard InChI is InChI=1S/C26H17Cl2N3O3/c27-16-10-17(28)12-18(11-16)30-25(33)20-21(26(30)34)23(24(32)14-6-2-1-3-7-14)31-22(20)19-9-5-4-8-15(19)13-29-31/h1-13,20-23H/t20-,21-,22+,23+/m1/s1. The second kappa shape index (κ2) is 7.79. The van der Waals surface area contributed by atoms with Gasteiger partial charge in [0.05, 0.1) is 29.8 Å². The molecule has 168 valence electrons. The minimum Gasteiger partial charge on any atom is -0.292 e. The van der Waals surface area contributed by atoms with Crippen LogP contribution >= 0.6 is 23.2 Å². The smallest absolute Gasteiger partial charge is 0.240 e. The zero-order valence-electron chi connectivity index (χ0n) is 17.6.